The molecule has 9 nitrogen and oxygen atoms in total. The van der Waals surface area contributed by atoms with Crippen LogP contribution >= 0.6 is 0 Å². The predicted octanol–water partition coefficient (Wildman–Crippen LogP) is 2.04. The van der Waals surface area contributed by atoms with Gasteiger partial charge in [0.05, 0.1) is 24.1 Å². The van der Waals surface area contributed by atoms with E-state index in [2.05, 4.69) is 37.6 Å². The minimum Gasteiger partial charge on any atom is -0.428 e. The van der Waals surface area contributed by atoms with Crippen molar-refractivity contribution in [2.75, 3.05) is 41.4 Å². The van der Waals surface area contributed by atoms with Crippen LogP contribution in [0.5, 0.6) is 0 Å². The lowest BCUT2D eigenvalue weighted by molar-refractivity contribution is -0.144. The first-order valence-corrected chi connectivity index (χ1v) is 14.4. The Morgan fingerprint density at radius 2 is 1.87 bits per heavy atom. The SMILES string of the molecule is C=C([C@H]([OH2+])N[C@]1(CNC)C[C@@H]1C(=C)C)[C@@H](OC)C12CC1CCN2C(=O)C[C@@H](OC)[C@H]([C@@H](C)CC)N(C)C(C)=O. The molecule has 0 aromatic rings. The summed E-state index contributed by atoms with van der Waals surface area (Å²) >= 11 is 0. The molecule has 0 aromatic heterocycles. The van der Waals surface area contributed by atoms with Crippen LogP contribution < -0.4 is 10.6 Å². The maximum Gasteiger partial charge on any atom is 0.236 e. The van der Waals surface area contributed by atoms with Gasteiger partial charge in [-0.15, -0.1) is 0 Å². The van der Waals surface area contributed by atoms with Crippen molar-refractivity contribution < 1.29 is 24.2 Å². The molecule has 1 aliphatic heterocycles. The molecule has 9 atom stereocenters. The molecule has 0 radical (unpaired) electrons. The number of carbonyl (C=O) groups is 2. The molecule has 3 fully saturated rings. The molecule has 0 spiro atoms. The van der Waals surface area contributed by atoms with Gasteiger partial charge in [0, 0.05) is 58.3 Å². The predicted molar refractivity (Wildman–Crippen MR) is 154 cm³/mol. The molecule has 0 bridgehead atoms. The molecule has 1 saturated heterocycles. The van der Waals surface area contributed by atoms with E-state index < -0.39 is 24.0 Å². The average molecular weight is 550 g/mol. The van der Waals surface area contributed by atoms with Crippen molar-refractivity contribution in [1.82, 2.24) is 20.4 Å². The number of hydrogen-bond acceptors (Lipinski definition) is 6. The number of carbonyl (C=O) groups excluding carboxylic acids is 2. The van der Waals surface area contributed by atoms with Gasteiger partial charge in [-0.05, 0) is 45.1 Å². The quantitative estimate of drug-likeness (QED) is 0.173. The summed E-state index contributed by atoms with van der Waals surface area (Å²) in [6, 6.07) is -0.201. The lowest BCUT2D eigenvalue weighted by atomic mass is 9.90. The highest BCUT2D eigenvalue weighted by Crippen LogP contribution is 2.60. The first-order chi connectivity index (χ1) is 18.3. The molecule has 4 N–H and O–H groups in total. The molecular formula is C30H53N4O5+. The third kappa shape index (κ3) is 5.98. The summed E-state index contributed by atoms with van der Waals surface area (Å²) in [5, 5.41) is 15.8. The Morgan fingerprint density at radius 3 is 2.33 bits per heavy atom. The van der Waals surface area contributed by atoms with E-state index in [-0.39, 0.29) is 35.7 Å². The van der Waals surface area contributed by atoms with Crippen LogP contribution in [0.15, 0.2) is 24.3 Å². The van der Waals surface area contributed by atoms with Gasteiger partial charge in [0.2, 0.25) is 18.0 Å². The van der Waals surface area contributed by atoms with E-state index in [0.717, 1.165) is 37.8 Å². The highest BCUT2D eigenvalue weighted by atomic mass is 16.5. The van der Waals surface area contributed by atoms with Gasteiger partial charge in [-0.2, -0.15) is 0 Å². The number of hydrogen-bond donors (Lipinski definition) is 2. The van der Waals surface area contributed by atoms with Gasteiger partial charge in [0.1, 0.15) is 6.10 Å². The number of methoxy groups -OCH3 is 2. The van der Waals surface area contributed by atoms with E-state index in [0.29, 0.717) is 24.0 Å². The Kier molecular flexibility index (Phi) is 10.1. The average Bonchev–Trinajstić information content (AvgIpc) is 3.76. The number of nitrogens with zero attached hydrogens (tertiary/aromatic N) is 2. The molecule has 0 aromatic carbocycles. The number of nitrogens with one attached hydrogen (secondary N) is 2. The van der Waals surface area contributed by atoms with Gasteiger partial charge in [-0.25, -0.2) is 5.32 Å². The summed E-state index contributed by atoms with van der Waals surface area (Å²) in [6.45, 7) is 17.6. The van der Waals surface area contributed by atoms with Crippen molar-refractivity contribution in [1.29, 1.82) is 0 Å². The zero-order chi connectivity index (χ0) is 29.3. The molecule has 39 heavy (non-hydrogen) atoms. The topological polar surface area (TPSA) is 106 Å². The van der Waals surface area contributed by atoms with Gasteiger partial charge >= 0.3 is 0 Å². The second kappa shape index (κ2) is 12.4. The zero-order valence-corrected chi connectivity index (χ0v) is 25.4. The van der Waals surface area contributed by atoms with Gasteiger partial charge < -0.3 is 29.7 Å². The van der Waals surface area contributed by atoms with Crippen molar-refractivity contribution in [3.63, 3.8) is 0 Å². The third-order valence-corrected chi connectivity index (χ3v) is 9.85. The number of fused-ring (bicyclic) bond motifs is 1. The molecule has 2 aliphatic carbocycles. The second-order valence-corrected chi connectivity index (χ2v) is 12.3. The Hall–Kier alpha value is -1.78. The number of likely N-dealkylation sites (N-methyl/N-ethyl adjacent to an activating group) is 2. The number of ether oxygens (including phenoxy) is 2. The van der Waals surface area contributed by atoms with Crippen LogP contribution in [0.2, 0.25) is 0 Å². The van der Waals surface area contributed by atoms with Crippen LogP contribution in [-0.2, 0) is 19.1 Å². The Labute approximate surface area is 235 Å². The maximum absolute atomic E-state index is 13.9. The smallest absolute Gasteiger partial charge is 0.236 e. The summed E-state index contributed by atoms with van der Waals surface area (Å²) in [6.07, 6.45) is 2.17. The minimum absolute atomic E-state index is 0.00707. The summed E-state index contributed by atoms with van der Waals surface area (Å²) < 4.78 is 11.9. The fourth-order valence-electron chi connectivity index (χ4n) is 7.29. The molecule has 1 heterocycles. The lowest BCUT2D eigenvalue weighted by Crippen LogP contribution is -2.55. The van der Waals surface area contributed by atoms with E-state index >= 15 is 0 Å². The summed E-state index contributed by atoms with van der Waals surface area (Å²) in [4.78, 5) is 29.8. The van der Waals surface area contributed by atoms with E-state index in [1.807, 2.05) is 18.9 Å². The van der Waals surface area contributed by atoms with E-state index in [1.54, 1.807) is 33.1 Å². The van der Waals surface area contributed by atoms with Crippen LogP contribution in [0, 0.1) is 17.8 Å². The molecular weight excluding hydrogens is 496 g/mol. The Bertz CT molecular complexity index is 942. The molecule has 222 valence electrons. The normalized spacial score (nSPS) is 31.1. The fraction of sp³-hybridized carbons (Fsp3) is 0.800. The van der Waals surface area contributed by atoms with E-state index in [4.69, 9.17) is 14.6 Å². The lowest BCUT2D eigenvalue weighted by Gasteiger charge is -2.40. The van der Waals surface area contributed by atoms with Crippen molar-refractivity contribution in [2.45, 2.75) is 95.4 Å². The monoisotopic (exact) mass is 549 g/mol. The number of piperidine rings is 1. The minimum atomic E-state index is -0.730. The summed E-state index contributed by atoms with van der Waals surface area (Å²) in [7, 11) is 6.99. The standard InChI is InChI=1S/C30H52N4O5/c1-11-19(4)26(33(8)21(6)35)24(38-9)14-25(36)34-13-12-22-15-30(22,34)27(39-10)20(5)28(37)32-29(17-31-7)16-23(29)18(2)3/h19,22-24,26-28,31-32,37H,2,5,11-17H2,1,3-4,6-10H3/p+1/t19-,22?,23+,24+,26-,27+,28-,29-,30?/m0/s1. The van der Waals surface area contributed by atoms with Crippen molar-refractivity contribution in [3.8, 4) is 0 Å². The van der Waals surface area contributed by atoms with E-state index in [1.165, 1.54) is 0 Å². The van der Waals surface area contributed by atoms with Crippen molar-refractivity contribution in [2.24, 2.45) is 17.8 Å². The maximum atomic E-state index is 13.9. The number of likely N-dealkylation sites (tertiary alicyclic amines) is 1. The number of rotatable bonds is 16. The number of amides is 2. The molecule has 3 aliphatic rings. The third-order valence-electron chi connectivity index (χ3n) is 9.85. The fourth-order valence-corrected chi connectivity index (χ4v) is 7.29. The Morgan fingerprint density at radius 1 is 1.21 bits per heavy atom. The van der Waals surface area contributed by atoms with Gasteiger partial charge in [-0.1, -0.05) is 39.0 Å². The Balaban J connectivity index is 1.77. The van der Waals surface area contributed by atoms with E-state index in [9.17, 15) is 9.59 Å². The highest BCUT2D eigenvalue weighted by molar-refractivity contribution is 5.79. The van der Waals surface area contributed by atoms with Gasteiger partial charge in [-0.3, -0.25) is 9.59 Å². The van der Waals surface area contributed by atoms with Gasteiger partial charge in [0.25, 0.3) is 0 Å². The molecule has 3 rings (SSSR count). The van der Waals surface area contributed by atoms with Crippen molar-refractivity contribution >= 4 is 11.8 Å². The highest BCUT2D eigenvalue weighted by Gasteiger charge is 2.69. The first-order valence-electron chi connectivity index (χ1n) is 14.4. The van der Waals surface area contributed by atoms with Crippen molar-refractivity contribution in [3.05, 3.63) is 24.3 Å². The molecule has 9 heteroatoms. The zero-order valence-electron chi connectivity index (χ0n) is 25.4. The van der Waals surface area contributed by atoms with Crippen LogP contribution in [0.1, 0.15) is 59.8 Å². The largest absolute Gasteiger partial charge is 0.428 e. The summed E-state index contributed by atoms with van der Waals surface area (Å²) in [5.41, 5.74) is 1.08. The second-order valence-electron chi connectivity index (χ2n) is 12.3. The molecule has 2 amide bonds. The van der Waals surface area contributed by atoms with Crippen LogP contribution in [0.4, 0.5) is 0 Å². The summed E-state index contributed by atoms with van der Waals surface area (Å²) in [5.74, 6) is 0.792. The molecule has 2 unspecified atom stereocenters. The van der Waals surface area contributed by atoms with Crippen LogP contribution in [0.25, 0.3) is 0 Å². The van der Waals surface area contributed by atoms with Crippen LogP contribution in [-0.4, -0.2) is 104 Å². The first kappa shape index (κ1) is 31.7. The van der Waals surface area contributed by atoms with Gasteiger partial charge in [0.15, 0.2) is 0 Å². The molecule has 2 saturated carbocycles. The van der Waals surface area contributed by atoms with Crippen LogP contribution in [0.3, 0.4) is 0 Å².